The van der Waals surface area contributed by atoms with Crippen molar-refractivity contribution in [2.24, 2.45) is 0 Å². The number of fused-ring (bicyclic) bond motifs is 1. The summed E-state index contributed by atoms with van der Waals surface area (Å²) in [6.07, 6.45) is 2.58. The average molecular weight is 456 g/mol. The van der Waals surface area contributed by atoms with Crippen LogP contribution in [0.3, 0.4) is 0 Å². The van der Waals surface area contributed by atoms with Crippen molar-refractivity contribution in [1.82, 2.24) is 9.29 Å². The molecule has 2 aliphatic rings. The third-order valence-corrected chi connectivity index (χ3v) is 8.40. The number of nitrogens with zero attached hydrogens (tertiary/aromatic N) is 2. The van der Waals surface area contributed by atoms with Crippen LogP contribution in [-0.2, 0) is 27.6 Å². The maximum absolute atomic E-state index is 13.2. The maximum Gasteiger partial charge on any atom is 0.257 e. The molecule has 2 aromatic rings. The van der Waals surface area contributed by atoms with Crippen molar-refractivity contribution < 1.29 is 17.9 Å². The molecule has 1 aliphatic heterocycles. The molecule has 7 nitrogen and oxygen atoms in total. The van der Waals surface area contributed by atoms with Gasteiger partial charge in [0, 0.05) is 23.5 Å². The quantitative estimate of drug-likeness (QED) is 0.763. The first-order chi connectivity index (χ1) is 13.7. The number of morpholine rings is 1. The number of amides is 1. The van der Waals surface area contributed by atoms with Crippen molar-refractivity contribution >= 4 is 44.0 Å². The SMILES string of the molecule is C[C@@H]1CN(S(=O)(=O)c2cc(C(=O)Nc3nc4c(s3)CCC4)ccc2Cl)C[C@H](C)O1. The Morgan fingerprint density at radius 3 is 2.69 bits per heavy atom. The van der Waals surface area contributed by atoms with Crippen LogP contribution < -0.4 is 5.32 Å². The van der Waals surface area contributed by atoms with Crippen molar-refractivity contribution in [1.29, 1.82) is 0 Å². The molecular formula is C19H22ClN3O4S2. The van der Waals surface area contributed by atoms with E-state index in [4.69, 9.17) is 16.3 Å². The second-order valence-electron chi connectivity index (χ2n) is 7.42. The first-order valence-corrected chi connectivity index (χ1v) is 12.1. The highest BCUT2D eigenvalue weighted by molar-refractivity contribution is 7.89. The highest BCUT2D eigenvalue weighted by Crippen LogP contribution is 2.31. The molecule has 0 unspecified atom stereocenters. The van der Waals surface area contributed by atoms with Crippen LogP contribution in [0.25, 0.3) is 0 Å². The summed E-state index contributed by atoms with van der Waals surface area (Å²) < 4.78 is 33.3. The van der Waals surface area contributed by atoms with Crippen LogP contribution in [0.4, 0.5) is 5.13 Å². The predicted octanol–water partition coefficient (Wildman–Crippen LogP) is 3.34. The lowest BCUT2D eigenvalue weighted by Gasteiger charge is -2.34. The van der Waals surface area contributed by atoms with Crippen LogP contribution in [0.5, 0.6) is 0 Å². The minimum absolute atomic E-state index is 0.0743. The molecule has 1 aliphatic carbocycles. The van der Waals surface area contributed by atoms with Gasteiger partial charge >= 0.3 is 0 Å². The molecule has 1 fully saturated rings. The molecule has 29 heavy (non-hydrogen) atoms. The predicted molar refractivity (Wildman–Crippen MR) is 112 cm³/mol. The lowest BCUT2D eigenvalue weighted by atomic mass is 10.2. The molecule has 1 aromatic carbocycles. The van der Waals surface area contributed by atoms with Gasteiger partial charge in [-0.25, -0.2) is 13.4 Å². The van der Waals surface area contributed by atoms with Gasteiger partial charge in [0.15, 0.2) is 5.13 Å². The number of hydrogen-bond acceptors (Lipinski definition) is 6. The number of hydrogen-bond donors (Lipinski definition) is 1. The third kappa shape index (κ3) is 4.20. The van der Waals surface area contributed by atoms with Crippen LogP contribution in [0.15, 0.2) is 23.1 Å². The molecule has 1 N–H and O–H groups in total. The van der Waals surface area contributed by atoms with E-state index in [0.29, 0.717) is 5.13 Å². The third-order valence-electron chi connectivity index (χ3n) is 5.01. The highest BCUT2D eigenvalue weighted by Gasteiger charge is 2.34. The van der Waals surface area contributed by atoms with E-state index in [0.717, 1.165) is 25.0 Å². The summed E-state index contributed by atoms with van der Waals surface area (Å²) in [5.74, 6) is -0.408. The van der Waals surface area contributed by atoms with Gasteiger partial charge in [0.1, 0.15) is 4.90 Å². The number of sulfonamides is 1. The van der Waals surface area contributed by atoms with Gasteiger partial charge in [-0.15, -0.1) is 11.3 Å². The molecular weight excluding hydrogens is 434 g/mol. The molecule has 0 saturated carbocycles. The molecule has 1 amide bonds. The lowest BCUT2D eigenvalue weighted by molar-refractivity contribution is -0.0440. The summed E-state index contributed by atoms with van der Waals surface area (Å²) in [6, 6.07) is 4.29. The Morgan fingerprint density at radius 1 is 1.28 bits per heavy atom. The van der Waals surface area contributed by atoms with Crippen LogP contribution in [0.2, 0.25) is 5.02 Å². The molecule has 156 valence electrons. The standard InChI is InChI=1S/C19H22ClN3O4S2/c1-11-9-23(10-12(2)27-11)29(25,26)17-8-13(6-7-14(17)20)18(24)22-19-21-15-4-3-5-16(15)28-19/h6-8,11-12H,3-5,9-10H2,1-2H3,(H,21,22,24)/t11-,12+. The number of aryl methyl sites for hydroxylation is 2. The summed E-state index contributed by atoms with van der Waals surface area (Å²) >= 11 is 7.68. The molecule has 2 heterocycles. The minimum atomic E-state index is -3.86. The van der Waals surface area contributed by atoms with Gasteiger partial charge in [0.25, 0.3) is 5.91 Å². The van der Waals surface area contributed by atoms with E-state index >= 15 is 0 Å². The summed E-state index contributed by atoms with van der Waals surface area (Å²) in [5.41, 5.74) is 1.26. The Bertz CT molecular complexity index is 1020. The van der Waals surface area contributed by atoms with Gasteiger partial charge in [-0.3, -0.25) is 10.1 Å². The summed E-state index contributed by atoms with van der Waals surface area (Å²) in [4.78, 5) is 18.3. The topological polar surface area (TPSA) is 88.6 Å². The van der Waals surface area contributed by atoms with Crippen LogP contribution in [-0.4, -0.2) is 48.9 Å². The summed E-state index contributed by atoms with van der Waals surface area (Å²) in [7, 11) is -3.86. The highest BCUT2D eigenvalue weighted by atomic mass is 35.5. The van der Waals surface area contributed by atoms with Crippen molar-refractivity contribution in [3.8, 4) is 0 Å². The molecule has 2 atom stereocenters. The zero-order chi connectivity index (χ0) is 20.8. The van der Waals surface area contributed by atoms with E-state index in [9.17, 15) is 13.2 Å². The number of carbonyl (C=O) groups is 1. The number of ether oxygens (including phenoxy) is 1. The van der Waals surface area contributed by atoms with E-state index in [-0.39, 0.29) is 40.8 Å². The monoisotopic (exact) mass is 455 g/mol. The maximum atomic E-state index is 13.2. The van der Waals surface area contributed by atoms with E-state index in [1.54, 1.807) is 0 Å². The van der Waals surface area contributed by atoms with Gasteiger partial charge in [-0.05, 0) is 51.3 Å². The normalized spacial score (nSPS) is 22.4. The Kier molecular flexibility index (Phi) is 5.69. The number of anilines is 1. The fourth-order valence-corrected chi connectivity index (χ4v) is 6.86. The Labute approximate surface area is 179 Å². The van der Waals surface area contributed by atoms with Crippen LogP contribution in [0, 0.1) is 0 Å². The summed E-state index contributed by atoms with van der Waals surface area (Å²) in [6.45, 7) is 4.14. The number of thiazole rings is 1. The first kappa shape index (κ1) is 20.7. The number of carbonyl (C=O) groups excluding carboxylic acids is 1. The number of benzene rings is 1. The van der Waals surface area contributed by atoms with Gasteiger partial charge < -0.3 is 4.74 Å². The van der Waals surface area contributed by atoms with E-state index in [1.165, 1.54) is 38.7 Å². The number of nitrogens with one attached hydrogen (secondary N) is 1. The molecule has 0 radical (unpaired) electrons. The smallest absolute Gasteiger partial charge is 0.257 e. The van der Waals surface area contributed by atoms with E-state index in [1.807, 2.05) is 13.8 Å². The van der Waals surface area contributed by atoms with Crippen molar-refractivity contribution in [2.45, 2.75) is 50.2 Å². The molecule has 4 rings (SSSR count). The van der Waals surface area contributed by atoms with E-state index < -0.39 is 15.9 Å². The number of rotatable bonds is 4. The van der Waals surface area contributed by atoms with Crippen molar-refractivity contribution in [3.63, 3.8) is 0 Å². The first-order valence-electron chi connectivity index (χ1n) is 9.49. The van der Waals surface area contributed by atoms with Crippen LogP contribution in [0.1, 0.15) is 41.2 Å². The van der Waals surface area contributed by atoms with Gasteiger partial charge in [0.05, 0.1) is 22.9 Å². The largest absolute Gasteiger partial charge is 0.373 e. The Morgan fingerprint density at radius 2 is 2.00 bits per heavy atom. The Balaban J connectivity index is 1.58. The second-order valence-corrected chi connectivity index (χ2v) is 10.8. The molecule has 0 spiro atoms. The molecule has 10 heteroatoms. The van der Waals surface area contributed by atoms with Crippen molar-refractivity contribution in [3.05, 3.63) is 39.4 Å². The minimum Gasteiger partial charge on any atom is -0.373 e. The summed E-state index contributed by atoms with van der Waals surface area (Å²) in [5, 5.41) is 3.40. The second kappa shape index (κ2) is 7.96. The van der Waals surface area contributed by atoms with Crippen molar-refractivity contribution in [2.75, 3.05) is 18.4 Å². The molecule has 0 bridgehead atoms. The number of aromatic nitrogens is 1. The van der Waals surface area contributed by atoms with Gasteiger partial charge in [0.2, 0.25) is 10.0 Å². The lowest BCUT2D eigenvalue weighted by Crippen LogP contribution is -2.48. The molecule has 1 saturated heterocycles. The fraction of sp³-hybridized carbons (Fsp3) is 0.474. The average Bonchev–Trinajstić information content (AvgIpc) is 3.22. The van der Waals surface area contributed by atoms with Gasteiger partial charge in [-0.2, -0.15) is 4.31 Å². The zero-order valence-corrected chi connectivity index (χ0v) is 18.5. The molecule has 1 aromatic heterocycles. The fourth-order valence-electron chi connectivity index (χ4n) is 3.72. The zero-order valence-electron chi connectivity index (χ0n) is 16.1. The van der Waals surface area contributed by atoms with E-state index in [2.05, 4.69) is 10.3 Å². The van der Waals surface area contributed by atoms with Gasteiger partial charge in [-0.1, -0.05) is 11.6 Å². The van der Waals surface area contributed by atoms with Crippen LogP contribution >= 0.6 is 22.9 Å². The Hall–Kier alpha value is -1.52. The number of halogens is 1.